The van der Waals surface area contributed by atoms with Gasteiger partial charge >= 0.3 is 12.0 Å². The lowest BCUT2D eigenvalue weighted by molar-refractivity contribution is -0.114. The number of nitrogens with zero attached hydrogens (tertiary/aromatic N) is 11. The first kappa shape index (κ1) is 50.0. The van der Waals surface area contributed by atoms with E-state index in [0.717, 1.165) is 39.3 Å². The predicted molar refractivity (Wildman–Crippen MR) is 298 cm³/mol. The molecule has 0 atom stereocenters. The minimum Gasteiger partial charge on any atom is -0.424 e. The summed E-state index contributed by atoms with van der Waals surface area (Å²) in [6.07, 6.45) is 7.15. The highest BCUT2D eigenvalue weighted by Crippen LogP contribution is 2.46. The molecule has 0 unspecified atom stereocenters. The third-order valence-corrected chi connectivity index (χ3v) is 13.8. The summed E-state index contributed by atoms with van der Waals surface area (Å²) in [5.41, 5.74) is 24.9. The summed E-state index contributed by atoms with van der Waals surface area (Å²) in [4.78, 5) is 63.3. The van der Waals surface area contributed by atoms with E-state index in [9.17, 15) is 9.59 Å². The third kappa shape index (κ3) is 9.26. The minimum atomic E-state index is -0.555. The number of nitrogens with one attached hydrogen (secondary N) is 1. The molecule has 10 aromatic rings. The number of anilines is 4. The molecule has 0 bridgehead atoms. The van der Waals surface area contributed by atoms with E-state index in [1.54, 1.807) is 67.0 Å². The SMILES string of the molecule is C=C(C)C(=O)Nc1cc(C)c(-c2c(-c3ccc(Oc4nccc(CCn5c(-c6ccc(N7CCC(=C)C7=O)cc6C)c(-c6ccc(Oc7nccc(C)n7)cc6)c6c(N)ncnc65)n4)cc3)c3c(N)ncnc3n2C)c(F)c1. The Morgan fingerprint density at radius 3 is 1.95 bits per heavy atom. The summed E-state index contributed by atoms with van der Waals surface area (Å²) in [5.74, 6) is 0.469. The van der Waals surface area contributed by atoms with E-state index in [4.69, 9.17) is 30.9 Å². The fourth-order valence-electron chi connectivity index (χ4n) is 10.0. The van der Waals surface area contributed by atoms with Gasteiger partial charge in [0.25, 0.3) is 11.8 Å². The van der Waals surface area contributed by atoms with Crippen LogP contribution in [0, 0.1) is 26.6 Å². The second-order valence-corrected chi connectivity index (χ2v) is 19.1. The van der Waals surface area contributed by atoms with Gasteiger partial charge in [0.2, 0.25) is 0 Å². The number of carbonyl (C=O) groups is 2. The molecule has 5 N–H and O–H groups in total. The highest BCUT2D eigenvalue weighted by molar-refractivity contribution is 6.11. The Hall–Kier alpha value is -10.2. The fourth-order valence-corrected chi connectivity index (χ4v) is 10.0. The molecule has 2 amide bonds. The number of aryl methyl sites for hydroxylation is 6. The number of rotatable bonds is 14. The lowest BCUT2D eigenvalue weighted by Crippen LogP contribution is -2.24. The maximum Gasteiger partial charge on any atom is 0.322 e. The van der Waals surface area contributed by atoms with E-state index in [0.29, 0.717) is 116 Å². The topological polar surface area (TPSA) is 233 Å². The van der Waals surface area contributed by atoms with Gasteiger partial charge in [0.1, 0.15) is 52.9 Å². The molecular formula is C59H51FN14O4. The van der Waals surface area contributed by atoms with Crippen LogP contribution in [0.15, 0.2) is 140 Å². The molecular weight excluding hydrogens is 988 g/mol. The van der Waals surface area contributed by atoms with E-state index in [1.165, 1.54) is 18.7 Å². The molecule has 78 heavy (non-hydrogen) atoms. The van der Waals surface area contributed by atoms with Crippen LogP contribution in [0.3, 0.4) is 0 Å². The van der Waals surface area contributed by atoms with Crippen molar-refractivity contribution in [2.24, 2.45) is 7.05 Å². The van der Waals surface area contributed by atoms with Gasteiger partial charge in [-0.1, -0.05) is 43.5 Å². The van der Waals surface area contributed by atoms with Gasteiger partial charge in [-0.25, -0.2) is 39.3 Å². The van der Waals surface area contributed by atoms with Crippen molar-refractivity contribution in [3.63, 3.8) is 0 Å². The van der Waals surface area contributed by atoms with Crippen molar-refractivity contribution in [1.29, 1.82) is 0 Å². The Labute approximate surface area is 447 Å². The van der Waals surface area contributed by atoms with Crippen molar-refractivity contribution in [2.75, 3.05) is 28.2 Å². The molecule has 7 heterocycles. The summed E-state index contributed by atoms with van der Waals surface area (Å²) >= 11 is 0. The van der Waals surface area contributed by atoms with Gasteiger partial charge in [0.15, 0.2) is 0 Å². The zero-order valence-corrected chi connectivity index (χ0v) is 43.3. The summed E-state index contributed by atoms with van der Waals surface area (Å²) in [6.45, 7) is 15.9. The van der Waals surface area contributed by atoms with Gasteiger partial charge in [-0.15, -0.1) is 0 Å². The van der Waals surface area contributed by atoms with Gasteiger partial charge in [0, 0.05) is 95.1 Å². The number of fused-ring (bicyclic) bond motifs is 2. The number of benzene rings is 4. The maximum absolute atomic E-state index is 16.4. The summed E-state index contributed by atoms with van der Waals surface area (Å²) in [5, 5.41) is 3.92. The van der Waals surface area contributed by atoms with Crippen LogP contribution >= 0.6 is 0 Å². The number of nitrogen functional groups attached to an aromatic ring is 2. The van der Waals surface area contributed by atoms with Crippen molar-refractivity contribution >= 4 is 56.9 Å². The number of amides is 2. The number of hydrogen-bond acceptors (Lipinski definition) is 14. The molecule has 1 aliphatic heterocycles. The van der Waals surface area contributed by atoms with Crippen molar-refractivity contribution < 1.29 is 23.5 Å². The Morgan fingerprint density at radius 2 is 1.35 bits per heavy atom. The Bertz CT molecular complexity index is 4070. The van der Waals surface area contributed by atoms with Crippen LogP contribution in [0.5, 0.6) is 23.5 Å². The smallest absolute Gasteiger partial charge is 0.322 e. The van der Waals surface area contributed by atoms with Crippen LogP contribution in [-0.2, 0) is 29.6 Å². The standard InChI is InChI=1S/C59H51FN14O4/c1-31(2)56(75)70-39-26-34(5)45(44(60)28-39)51-47(48-52(61)65-29-67-54(48)72(51)7)37-10-15-42(16-11-37)78-59-64-23-19-38(71-59)21-25-74-50(43-17-12-40(27-33(43)4)73-24-20-32(3)57(73)76)46(49-53(62)66-30-68-55(49)74)36-8-13-41(14-9-36)77-58-63-22-18-35(6)69-58/h8-19,22-23,26-30H,1,3,20-21,24-25H2,2,4-7H3,(H,70,75)(H2,61,65,67)(H2,62,66,68). The first-order chi connectivity index (χ1) is 37.6. The number of ether oxygens (including phenoxy) is 2. The molecule has 1 aliphatic rings. The molecule has 388 valence electrons. The largest absolute Gasteiger partial charge is 0.424 e. The molecule has 0 spiro atoms. The van der Waals surface area contributed by atoms with Crippen LogP contribution in [0.1, 0.15) is 35.9 Å². The van der Waals surface area contributed by atoms with Gasteiger partial charge in [0.05, 0.1) is 22.2 Å². The first-order valence-corrected chi connectivity index (χ1v) is 24.9. The monoisotopic (exact) mass is 1040 g/mol. The van der Waals surface area contributed by atoms with Crippen molar-refractivity contribution in [3.8, 4) is 68.3 Å². The van der Waals surface area contributed by atoms with Crippen LogP contribution < -0.4 is 31.2 Å². The molecule has 0 saturated carbocycles. The Balaban J connectivity index is 0.918. The van der Waals surface area contributed by atoms with E-state index in [-0.39, 0.29) is 23.7 Å². The van der Waals surface area contributed by atoms with Crippen molar-refractivity contribution in [1.82, 2.24) is 49.0 Å². The second kappa shape index (κ2) is 20.2. The van der Waals surface area contributed by atoms with Gasteiger partial charge in [-0.2, -0.15) is 4.98 Å². The zero-order valence-electron chi connectivity index (χ0n) is 43.3. The minimum absolute atomic E-state index is 0.0834. The molecule has 1 fully saturated rings. The fraction of sp³-hybridized carbons (Fsp3) is 0.153. The lowest BCUT2D eigenvalue weighted by Gasteiger charge is -2.19. The highest BCUT2D eigenvalue weighted by Gasteiger charge is 2.29. The van der Waals surface area contributed by atoms with Crippen LogP contribution in [0.4, 0.5) is 27.4 Å². The second-order valence-electron chi connectivity index (χ2n) is 19.1. The third-order valence-electron chi connectivity index (χ3n) is 13.8. The number of hydrogen-bond donors (Lipinski definition) is 3. The van der Waals surface area contributed by atoms with Crippen LogP contribution in [0.25, 0.3) is 66.8 Å². The maximum atomic E-state index is 16.4. The van der Waals surface area contributed by atoms with Gasteiger partial charge in [-0.05, 0) is 117 Å². The summed E-state index contributed by atoms with van der Waals surface area (Å²) in [6, 6.07) is 27.8. The molecule has 4 aromatic carbocycles. The molecule has 1 saturated heterocycles. The average molecular weight is 1040 g/mol. The number of aromatic nitrogens is 10. The van der Waals surface area contributed by atoms with Crippen LogP contribution in [-0.4, -0.2) is 67.4 Å². The summed E-state index contributed by atoms with van der Waals surface area (Å²) < 4.78 is 32.6. The molecule has 6 aromatic heterocycles. The lowest BCUT2D eigenvalue weighted by atomic mass is 9.95. The summed E-state index contributed by atoms with van der Waals surface area (Å²) in [7, 11) is 1.79. The Kier molecular flexibility index (Phi) is 12.9. The van der Waals surface area contributed by atoms with E-state index in [1.807, 2.05) is 74.5 Å². The van der Waals surface area contributed by atoms with Gasteiger partial charge < -0.3 is 40.3 Å². The normalized spacial score (nSPS) is 12.5. The first-order valence-electron chi connectivity index (χ1n) is 24.9. The highest BCUT2D eigenvalue weighted by atomic mass is 19.1. The number of carbonyl (C=O) groups excluding carboxylic acids is 2. The molecule has 0 radical (unpaired) electrons. The number of halogens is 1. The van der Waals surface area contributed by atoms with E-state index < -0.39 is 11.7 Å². The number of nitrogens with two attached hydrogens (primary N) is 2. The van der Waals surface area contributed by atoms with Crippen molar-refractivity contribution in [2.45, 2.75) is 47.1 Å². The molecule has 19 heteroatoms. The molecule has 0 aliphatic carbocycles. The van der Waals surface area contributed by atoms with E-state index >= 15 is 4.39 Å². The average Bonchev–Trinajstić information content (AvgIpc) is 4.27. The van der Waals surface area contributed by atoms with Crippen molar-refractivity contribution in [3.05, 3.63) is 169 Å². The predicted octanol–water partition coefficient (Wildman–Crippen LogP) is 10.8. The van der Waals surface area contributed by atoms with Crippen LogP contribution in [0.2, 0.25) is 0 Å². The van der Waals surface area contributed by atoms with Gasteiger partial charge in [-0.3, -0.25) is 9.59 Å². The van der Waals surface area contributed by atoms with E-state index in [2.05, 4.69) is 52.9 Å². The molecule has 11 rings (SSSR count). The Morgan fingerprint density at radius 1 is 0.731 bits per heavy atom. The molecule has 18 nitrogen and oxygen atoms in total. The zero-order chi connectivity index (χ0) is 54.5. The quantitative estimate of drug-likeness (QED) is 0.0860.